The Bertz CT molecular complexity index is 467. The van der Waals surface area contributed by atoms with Crippen molar-refractivity contribution in [2.75, 3.05) is 5.73 Å². The van der Waals surface area contributed by atoms with Crippen molar-refractivity contribution in [1.82, 2.24) is 5.16 Å². The van der Waals surface area contributed by atoms with E-state index in [1.165, 1.54) is 0 Å². The summed E-state index contributed by atoms with van der Waals surface area (Å²) in [5.41, 5.74) is 6.57. The summed E-state index contributed by atoms with van der Waals surface area (Å²) in [5.74, 6) is 0.356. The van der Waals surface area contributed by atoms with Crippen LogP contribution in [0.25, 0.3) is 11.0 Å². The van der Waals surface area contributed by atoms with Crippen LogP contribution in [0.15, 0.2) is 22.7 Å². The molecule has 4 heteroatoms. The van der Waals surface area contributed by atoms with E-state index in [0.717, 1.165) is 5.39 Å². The molecule has 0 aliphatic carbocycles. The number of hydrogen-bond donors (Lipinski definition) is 1. The van der Waals surface area contributed by atoms with Gasteiger partial charge in [-0.25, -0.2) is 0 Å². The number of fused-ring (bicyclic) bond motifs is 1. The molecule has 4 nitrogen and oxygen atoms in total. The highest BCUT2D eigenvalue weighted by Crippen LogP contribution is 2.20. The van der Waals surface area contributed by atoms with Crippen LogP contribution in [0.1, 0.15) is 5.56 Å². The molecule has 2 aromatic rings. The van der Waals surface area contributed by atoms with Gasteiger partial charge in [-0.05, 0) is 12.1 Å². The topological polar surface area (TPSA) is 75.8 Å². The lowest BCUT2D eigenvalue weighted by atomic mass is 10.2. The van der Waals surface area contributed by atoms with Gasteiger partial charge >= 0.3 is 0 Å². The molecule has 0 unspecified atom stereocenters. The van der Waals surface area contributed by atoms with Gasteiger partial charge in [0, 0.05) is 6.07 Å². The van der Waals surface area contributed by atoms with E-state index in [1.807, 2.05) is 6.07 Å². The second-order valence-corrected chi connectivity index (χ2v) is 2.39. The molecule has 2 rings (SSSR count). The molecule has 0 spiro atoms. The molecule has 0 saturated heterocycles. The van der Waals surface area contributed by atoms with E-state index in [9.17, 15) is 0 Å². The lowest BCUT2D eigenvalue weighted by Crippen LogP contribution is -1.82. The summed E-state index contributed by atoms with van der Waals surface area (Å²) >= 11 is 0. The SMILES string of the molecule is N#Cc1ccc2c(N)noc2c1. The van der Waals surface area contributed by atoms with Crippen molar-refractivity contribution < 1.29 is 4.52 Å². The van der Waals surface area contributed by atoms with Gasteiger partial charge in [0.15, 0.2) is 11.4 Å². The highest BCUT2D eigenvalue weighted by atomic mass is 16.5. The minimum absolute atomic E-state index is 0.356. The van der Waals surface area contributed by atoms with Crippen molar-refractivity contribution in [3.8, 4) is 6.07 Å². The molecular weight excluding hydrogens is 154 g/mol. The molecule has 12 heavy (non-hydrogen) atoms. The van der Waals surface area contributed by atoms with Crippen LogP contribution < -0.4 is 5.73 Å². The third-order valence-corrected chi connectivity index (χ3v) is 1.63. The van der Waals surface area contributed by atoms with Crippen LogP contribution in [-0.2, 0) is 0 Å². The molecule has 1 aromatic carbocycles. The van der Waals surface area contributed by atoms with Crippen molar-refractivity contribution in [3.63, 3.8) is 0 Å². The molecule has 0 bridgehead atoms. The van der Waals surface area contributed by atoms with E-state index in [4.69, 9.17) is 15.5 Å². The van der Waals surface area contributed by atoms with E-state index < -0.39 is 0 Å². The van der Waals surface area contributed by atoms with E-state index in [2.05, 4.69) is 5.16 Å². The first-order chi connectivity index (χ1) is 5.81. The fourth-order valence-electron chi connectivity index (χ4n) is 1.03. The van der Waals surface area contributed by atoms with Crippen molar-refractivity contribution in [2.45, 2.75) is 0 Å². The lowest BCUT2D eigenvalue weighted by molar-refractivity contribution is 0.460. The normalized spacial score (nSPS) is 9.92. The van der Waals surface area contributed by atoms with Gasteiger partial charge in [-0.3, -0.25) is 0 Å². The van der Waals surface area contributed by atoms with Gasteiger partial charge in [0.25, 0.3) is 0 Å². The number of nitrogens with two attached hydrogens (primary N) is 1. The fourth-order valence-corrected chi connectivity index (χ4v) is 1.03. The van der Waals surface area contributed by atoms with Crippen molar-refractivity contribution in [1.29, 1.82) is 5.26 Å². The van der Waals surface area contributed by atoms with Gasteiger partial charge < -0.3 is 10.3 Å². The van der Waals surface area contributed by atoms with Gasteiger partial charge in [-0.15, -0.1) is 0 Å². The van der Waals surface area contributed by atoms with Crippen LogP contribution in [0.5, 0.6) is 0 Å². The average molecular weight is 159 g/mol. The molecular formula is C8H5N3O. The first-order valence-electron chi connectivity index (χ1n) is 3.36. The molecule has 58 valence electrons. The summed E-state index contributed by atoms with van der Waals surface area (Å²) in [6.07, 6.45) is 0. The molecule has 1 aromatic heterocycles. The Kier molecular flexibility index (Phi) is 1.25. The van der Waals surface area contributed by atoms with Gasteiger partial charge in [0.2, 0.25) is 0 Å². The number of anilines is 1. The van der Waals surface area contributed by atoms with Crippen molar-refractivity contribution >= 4 is 16.8 Å². The molecule has 0 saturated carbocycles. The summed E-state index contributed by atoms with van der Waals surface area (Å²) in [5, 5.41) is 12.9. The number of nitrogens with zero attached hydrogens (tertiary/aromatic N) is 2. The van der Waals surface area contributed by atoms with Crippen LogP contribution in [-0.4, -0.2) is 5.16 Å². The lowest BCUT2D eigenvalue weighted by Gasteiger charge is -1.87. The van der Waals surface area contributed by atoms with Gasteiger partial charge in [0.05, 0.1) is 17.0 Å². The first-order valence-corrected chi connectivity index (χ1v) is 3.36. The maximum Gasteiger partial charge on any atom is 0.174 e. The molecule has 0 aliphatic heterocycles. The Labute approximate surface area is 68.2 Å². The third kappa shape index (κ3) is 0.805. The zero-order chi connectivity index (χ0) is 8.55. The molecule has 0 amide bonds. The van der Waals surface area contributed by atoms with Crippen LogP contribution >= 0.6 is 0 Å². The Hall–Kier alpha value is -2.02. The minimum atomic E-state index is 0.356. The van der Waals surface area contributed by atoms with Gasteiger partial charge in [0.1, 0.15) is 0 Å². The second kappa shape index (κ2) is 2.24. The summed E-state index contributed by atoms with van der Waals surface area (Å²) in [7, 11) is 0. The second-order valence-electron chi connectivity index (χ2n) is 2.39. The summed E-state index contributed by atoms with van der Waals surface area (Å²) in [4.78, 5) is 0. The molecule has 2 N–H and O–H groups in total. The Balaban J connectivity index is 2.80. The summed E-state index contributed by atoms with van der Waals surface area (Å²) < 4.78 is 4.87. The summed E-state index contributed by atoms with van der Waals surface area (Å²) in [6.45, 7) is 0. The monoisotopic (exact) mass is 159 g/mol. The molecule has 0 atom stereocenters. The number of rotatable bonds is 0. The standard InChI is InChI=1S/C8H5N3O/c9-4-5-1-2-6-7(3-5)12-11-8(6)10/h1-3H,(H2,10,11). The summed E-state index contributed by atoms with van der Waals surface area (Å²) in [6, 6.07) is 7.01. The quantitative estimate of drug-likeness (QED) is 0.628. The predicted molar refractivity (Wildman–Crippen MR) is 43.1 cm³/mol. The molecule has 0 radical (unpaired) electrons. The zero-order valence-electron chi connectivity index (χ0n) is 6.11. The number of aromatic nitrogens is 1. The van der Waals surface area contributed by atoms with Crippen LogP contribution in [0.3, 0.4) is 0 Å². The maximum atomic E-state index is 8.56. The predicted octanol–water partition coefficient (Wildman–Crippen LogP) is 1.28. The Morgan fingerprint density at radius 1 is 1.50 bits per heavy atom. The Morgan fingerprint density at radius 3 is 3.08 bits per heavy atom. The largest absolute Gasteiger partial charge is 0.380 e. The van der Waals surface area contributed by atoms with E-state index >= 15 is 0 Å². The molecule has 1 heterocycles. The maximum absolute atomic E-state index is 8.56. The number of nitrogen functional groups attached to an aromatic ring is 1. The highest BCUT2D eigenvalue weighted by Gasteiger charge is 2.04. The van der Waals surface area contributed by atoms with E-state index in [0.29, 0.717) is 17.0 Å². The van der Waals surface area contributed by atoms with E-state index in [1.54, 1.807) is 18.2 Å². The van der Waals surface area contributed by atoms with Crippen LogP contribution in [0.4, 0.5) is 5.82 Å². The van der Waals surface area contributed by atoms with E-state index in [-0.39, 0.29) is 0 Å². The highest BCUT2D eigenvalue weighted by molar-refractivity contribution is 5.87. The van der Waals surface area contributed by atoms with Crippen molar-refractivity contribution in [3.05, 3.63) is 23.8 Å². The number of hydrogen-bond acceptors (Lipinski definition) is 4. The molecule has 0 fully saturated rings. The fraction of sp³-hybridized carbons (Fsp3) is 0. The van der Waals surface area contributed by atoms with Crippen LogP contribution in [0, 0.1) is 11.3 Å². The number of benzene rings is 1. The molecule has 0 aliphatic rings. The van der Waals surface area contributed by atoms with Crippen LogP contribution in [0.2, 0.25) is 0 Å². The average Bonchev–Trinajstić information content (AvgIpc) is 2.47. The Morgan fingerprint density at radius 2 is 2.33 bits per heavy atom. The first kappa shape index (κ1) is 6.68. The van der Waals surface area contributed by atoms with Crippen molar-refractivity contribution in [2.24, 2.45) is 0 Å². The third-order valence-electron chi connectivity index (χ3n) is 1.63. The number of nitriles is 1. The van der Waals surface area contributed by atoms with Gasteiger partial charge in [-0.2, -0.15) is 5.26 Å². The minimum Gasteiger partial charge on any atom is -0.380 e. The van der Waals surface area contributed by atoms with Gasteiger partial charge in [-0.1, -0.05) is 5.16 Å². The smallest absolute Gasteiger partial charge is 0.174 e. The zero-order valence-corrected chi connectivity index (χ0v) is 6.11.